The molecule has 0 bridgehead atoms. The summed E-state index contributed by atoms with van der Waals surface area (Å²) >= 11 is 1.51. The first kappa shape index (κ1) is 21.2. The van der Waals surface area contributed by atoms with E-state index in [1.807, 2.05) is 35.2 Å². The monoisotopic (exact) mass is 447 g/mol. The van der Waals surface area contributed by atoms with Crippen LogP contribution in [0.4, 0.5) is 5.69 Å². The van der Waals surface area contributed by atoms with E-state index in [0.717, 1.165) is 27.2 Å². The number of hydrogen-bond acceptors (Lipinski definition) is 4. The molecule has 5 nitrogen and oxygen atoms in total. The third-order valence-electron chi connectivity index (χ3n) is 6.67. The Bertz CT molecular complexity index is 1110. The van der Waals surface area contributed by atoms with Crippen molar-refractivity contribution in [1.29, 1.82) is 0 Å². The summed E-state index contributed by atoms with van der Waals surface area (Å²) in [5.41, 5.74) is 2.61. The Morgan fingerprint density at radius 3 is 2.59 bits per heavy atom. The minimum Gasteiger partial charge on any atom is -0.351 e. The van der Waals surface area contributed by atoms with Gasteiger partial charge in [-0.25, -0.2) is 0 Å². The van der Waals surface area contributed by atoms with Crippen LogP contribution in [0.2, 0.25) is 0 Å². The number of amides is 2. The molecule has 2 aliphatic rings. The lowest BCUT2D eigenvalue weighted by Gasteiger charge is -2.22. The van der Waals surface area contributed by atoms with Gasteiger partial charge in [-0.1, -0.05) is 30.3 Å². The van der Waals surface area contributed by atoms with Gasteiger partial charge in [0.2, 0.25) is 5.91 Å². The third kappa shape index (κ3) is 4.17. The first-order valence-corrected chi connectivity index (χ1v) is 12.1. The summed E-state index contributed by atoms with van der Waals surface area (Å²) in [6.45, 7) is 2.23. The molecule has 1 atom stereocenters. The Hall–Kier alpha value is -2.70. The number of benzene rings is 2. The summed E-state index contributed by atoms with van der Waals surface area (Å²) in [4.78, 5) is 30.1. The van der Waals surface area contributed by atoms with Crippen LogP contribution in [0.1, 0.15) is 34.5 Å². The number of carbonyl (C=O) groups is 2. The third-order valence-corrected chi connectivity index (χ3v) is 7.78. The number of anilines is 1. The summed E-state index contributed by atoms with van der Waals surface area (Å²) in [5.74, 6) is 0.203. The molecule has 1 N–H and O–H groups in total. The van der Waals surface area contributed by atoms with Gasteiger partial charge in [0.1, 0.15) is 0 Å². The molecule has 1 unspecified atom stereocenters. The zero-order valence-electron chi connectivity index (χ0n) is 18.6. The smallest absolute Gasteiger partial charge is 0.261 e. The first-order valence-electron chi connectivity index (χ1n) is 11.3. The van der Waals surface area contributed by atoms with Gasteiger partial charge < -0.3 is 15.1 Å². The second-order valence-corrected chi connectivity index (χ2v) is 10.6. The Balaban J connectivity index is 1.19. The van der Waals surface area contributed by atoms with Gasteiger partial charge in [0, 0.05) is 47.8 Å². The lowest BCUT2D eigenvalue weighted by Crippen LogP contribution is -2.31. The van der Waals surface area contributed by atoms with Crippen LogP contribution < -0.4 is 10.2 Å². The molecule has 2 fully saturated rings. The Morgan fingerprint density at radius 1 is 1.16 bits per heavy atom. The zero-order chi connectivity index (χ0) is 22.3. The summed E-state index contributed by atoms with van der Waals surface area (Å²) < 4.78 is 1.11. The van der Waals surface area contributed by atoms with E-state index in [2.05, 4.69) is 48.6 Å². The second-order valence-electron chi connectivity index (χ2n) is 9.50. The van der Waals surface area contributed by atoms with Gasteiger partial charge in [0.15, 0.2) is 0 Å². The molecule has 2 aromatic carbocycles. The molecule has 1 aromatic heterocycles. The van der Waals surface area contributed by atoms with Crippen molar-refractivity contribution in [2.24, 2.45) is 5.92 Å². The fraction of sp³-hybridized carbons (Fsp3) is 0.385. The second kappa shape index (κ2) is 8.34. The molecule has 3 aromatic rings. The predicted octanol–water partition coefficient (Wildman–Crippen LogP) is 4.28. The van der Waals surface area contributed by atoms with Crippen molar-refractivity contribution < 1.29 is 9.59 Å². The number of rotatable bonds is 7. The van der Waals surface area contributed by atoms with Gasteiger partial charge in [-0.2, -0.15) is 0 Å². The molecule has 32 heavy (non-hydrogen) atoms. The SMILES string of the molecule is CN(C)CC1(c2ccc(N3CC(CNC(=O)c4cc5ccccc5s4)CC3=O)cc2)CC1. The number of likely N-dealkylation sites (N-methyl/N-ethyl adjacent to an activating group) is 1. The summed E-state index contributed by atoms with van der Waals surface area (Å²) in [5, 5.41) is 4.13. The van der Waals surface area contributed by atoms with Crippen molar-refractivity contribution in [3.05, 3.63) is 65.0 Å². The fourth-order valence-corrected chi connectivity index (χ4v) is 5.85. The maximum Gasteiger partial charge on any atom is 0.261 e. The van der Waals surface area contributed by atoms with Crippen LogP contribution in [0.3, 0.4) is 0 Å². The molecule has 1 aliphatic heterocycles. The van der Waals surface area contributed by atoms with Crippen molar-refractivity contribution in [2.75, 3.05) is 38.6 Å². The van der Waals surface area contributed by atoms with E-state index in [1.54, 1.807) is 0 Å². The Labute approximate surface area is 193 Å². The highest BCUT2D eigenvalue weighted by atomic mass is 32.1. The van der Waals surface area contributed by atoms with Gasteiger partial charge in [-0.05, 0) is 62.2 Å². The zero-order valence-corrected chi connectivity index (χ0v) is 19.5. The number of hydrogen-bond donors (Lipinski definition) is 1. The average molecular weight is 448 g/mol. The molecule has 0 radical (unpaired) electrons. The molecule has 6 heteroatoms. The van der Waals surface area contributed by atoms with Gasteiger partial charge in [-0.15, -0.1) is 11.3 Å². The molecular formula is C26H29N3O2S. The average Bonchev–Trinajstić information content (AvgIpc) is 3.26. The van der Waals surface area contributed by atoms with Gasteiger partial charge in [0.25, 0.3) is 5.91 Å². The standard InChI is InChI=1S/C26H29N3O2S/c1-28(2)17-26(11-12-26)20-7-9-21(10-8-20)29-16-18(13-24(29)30)15-27-25(31)23-14-19-5-3-4-6-22(19)32-23/h3-10,14,18H,11-13,15-17H2,1-2H3,(H,27,31). The van der Waals surface area contributed by atoms with Crippen LogP contribution in [0.5, 0.6) is 0 Å². The summed E-state index contributed by atoms with van der Waals surface area (Å²) in [7, 11) is 4.24. The first-order chi connectivity index (χ1) is 15.4. The molecule has 0 spiro atoms. The quantitative estimate of drug-likeness (QED) is 0.588. The van der Waals surface area contributed by atoms with Crippen molar-refractivity contribution in [2.45, 2.75) is 24.7 Å². The fourth-order valence-electron chi connectivity index (χ4n) is 4.87. The summed E-state index contributed by atoms with van der Waals surface area (Å²) in [6.07, 6.45) is 2.93. The highest BCUT2D eigenvalue weighted by molar-refractivity contribution is 7.20. The van der Waals surface area contributed by atoms with Gasteiger partial charge >= 0.3 is 0 Å². The number of carbonyl (C=O) groups excluding carboxylic acids is 2. The molecular weight excluding hydrogens is 418 g/mol. The summed E-state index contributed by atoms with van der Waals surface area (Å²) in [6, 6.07) is 18.5. The Kier molecular flexibility index (Phi) is 5.51. The van der Waals surface area contributed by atoms with Crippen molar-refractivity contribution in [1.82, 2.24) is 10.2 Å². The largest absolute Gasteiger partial charge is 0.351 e. The Morgan fingerprint density at radius 2 is 1.91 bits per heavy atom. The maximum atomic E-state index is 12.7. The molecule has 1 saturated heterocycles. The predicted molar refractivity (Wildman–Crippen MR) is 131 cm³/mol. The van der Waals surface area contributed by atoms with Crippen LogP contribution in [0, 0.1) is 5.92 Å². The number of thiophene rings is 1. The van der Waals surface area contributed by atoms with E-state index < -0.39 is 0 Å². The van der Waals surface area contributed by atoms with E-state index in [4.69, 9.17) is 0 Å². The van der Waals surface area contributed by atoms with E-state index in [0.29, 0.717) is 19.5 Å². The molecule has 1 aliphatic carbocycles. The van der Waals surface area contributed by atoms with Crippen LogP contribution >= 0.6 is 11.3 Å². The molecule has 1 saturated carbocycles. The van der Waals surface area contributed by atoms with Crippen molar-refractivity contribution in [3.63, 3.8) is 0 Å². The normalized spacial score (nSPS) is 19.7. The van der Waals surface area contributed by atoms with Crippen molar-refractivity contribution >= 4 is 38.9 Å². The lowest BCUT2D eigenvalue weighted by atomic mass is 9.95. The minimum absolute atomic E-state index is 0.0583. The lowest BCUT2D eigenvalue weighted by molar-refractivity contribution is -0.117. The van der Waals surface area contributed by atoms with Crippen molar-refractivity contribution in [3.8, 4) is 0 Å². The van der Waals surface area contributed by atoms with Gasteiger partial charge in [-0.3, -0.25) is 9.59 Å². The van der Waals surface area contributed by atoms with Crippen LogP contribution in [-0.4, -0.2) is 50.4 Å². The topological polar surface area (TPSA) is 52.6 Å². The number of nitrogens with zero attached hydrogens (tertiary/aromatic N) is 2. The highest BCUT2D eigenvalue weighted by Crippen LogP contribution is 2.48. The molecule has 2 heterocycles. The van der Waals surface area contributed by atoms with E-state index in [1.165, 1.54) is 29.7 Å². The van der Waals surface area contributed by atoms with Crippen LogP contribution in [0.15, 0.2) is 54.6 Å². The van der Waals surface area contributed by atoms with Crippen LogP contribution in [-0.2, 0) is 10.2 Å². The van der Waals surface area contributed by atoms with E-state index in [-0.39, 0.29) is 23.1 Å². The maximum absolute atomic E-state index is 12.7. The van der Waals surface area contributed by atoms with E-state index in [9.17, 15) is 9.59 Å². The number of fused-ring (bicyclic) bond motifs is 1. The molecule has 5 rings (SSSR count). The minimum atomic E-state index is -0.0583. The van der Waals surface area contributed by atoms with E-state index >= 15 is 0 Å². The van der Waals surface area contributed by atoms with Crippen LogP contribution in [0.25, 0.3) is 10.1 Å². The highest BCUT2D eigenvalue weighted by Gasteiger charge is 2.44. The molecule has 2 amide bonds. The van der Waals surface area contributed by atoms with Gasteiger partial charge in [0.05, 0.1) is 4.88 Å². The molecule has 166 valence electrons. The number of nitrogens with one attached hydrogen (secondary N) is 1.